The molecule has 0 aromatic heterocycles. The van der Waals surface area contributed by atoms with Crippen LogP contribution in [0.15, 0.2) is 30.3 Å². The van der Waals surface area contributed by atoms with Crippen LogP contribution >= 0.6 is 0 Å². The van der Waals surface area contributed by atoms with E-state index in [0.29, 0.717) is 13.0 Å². The topological polar surface area (TPSA) is 69.7 Å². The first kappa shape index (κ1) is 13.6. The highest BCUT2D eigenvalue weighted by Crippen LogP contribution is 2.25. The third-order valence-corrected chi connectivity index (χ3v) is 4.06. The van der Waals surface area contributed by atoms with E-state index < -0.39 is 6.04 Å². The van der Waals surface area contributed by atoms with E-state index in [0.717, 1.165) is 5.56 Å². The van der Waals surface area contributed by atoms with Crippen molar-refractivity contribution in [1.82, 2.24) is 15.1 Å². The van der Waals surface area contributed by atoms with Gasteiger partial charge in [-0.25, -0.2) is 4.79 Å². The molecule has 1 aromatic rings. The number of urea groups is 1. The zero-order valence-electron chi connectivity index (χ0n) is 11.8. The Hall–Kier alpha value is -2.37. The Bertz CT molecular complexity index is 587. The largest absolute Gasteiger partial charge is 0.332 e. The molecule has 6 heteroatoms. The van der Waals surface area contributed by atoms with E-state index in [9.17, 15) is 14.4 Å². The number of nitrogens with one attached hydrogen (secondary N) is 1. The minimum absolute atomic E-state index is 0.133. The molecule has 0 spiro atoms. The van der Waals surface area contributed by atoms with Crippen LogP contribution in [0.5, 0.6) is 0 Å². The van der Waals surface area contributed by atoms with Gasteiger partial charge in [-0.05, 0) is 12.0 Å². The van der Waals surface area contributed by atoms with Crippen molar-refractivity contribution in [2.75, 3.05) is 6.54 Å². The molecule has 2 aliphatic heterocycles. The molecule has 2 saturated heterocycles. The fraction of sp³-hybridized carbons (Fsp3) is 0.400. The molecular formula is C15H17N3O3. The van der Waals surface area contributed by atoms with Crippen molar-refractivity contribution in [2.45, 2.75) is 32.0 Å². The van der Waals surface area contributed by atoms with Gasteiger partial charge in [-0.1, -0.05) is 30.3 Å². The average molecular weight is 287 g/mol. The average Bonchev–Trinajstić information content (AvgIpc) is 2.88. The molecule has 21 heavy (non-hydrogen) atoms. The SMILES string of the molecule is CC(=O)N1CCC2NC(=O)N(Cc3ccccc3)C(=O)C21. The van der Waals surface area contributed by atoms with Crippen LogP contribution in [-0.4, -0.2) is 46.3 Å². The highest BCUT2D eigenvalue weighted by molar-refractivity contribution is 6.02. The zero-order chi connectivity index (χ0) is 15.0. The monoisotopic (exact) mass is 287 g/mol. The van der Waals surface area contributed by atoms with Gasteiger partial charge in [0.05, 0.1) is 12.6 Å². The third-order valence-electron chi connectivity index (χ3n) is 4.06. The molecule has 4 amide bonds. The van der Waals surface area contributed by atoms with Crippen molar-refractivity contribution >= 4 is 17.8 Å². The predicted molar refractivity (Wildman–Crippen MR) is 75.1 cm³/mol. The first-order chi connectivity index (χ1) is 10.1. The summed E-state index contributed by atoms with van der Waals surface area (Å²) in [4.78, 5) is 39.1. The number of rotatable bonds is 2. The maximum atomic E-state index is 12.6. The Balaban J connectivity index is 1.83. The van der Waals surface area contributed by atoms with Gasteiger partial charge in [0.15, 0.2) is 0 Å². The summed E-state index contributed by atoms with van der Waals surface area (Å²) in [5.74, 6) is -0.424. The van der Waals surface area contributed by atoms with E-state index in [1.54, 1.807) is 4.90 Å². The molecular weight excluding hydrogens is 270 g/mol. The first-order valence-corrected chi connectivity index (χ1v) is 7.01. The number of hydrogen-bond donors (Lipinski definition) is 1. The minimum atomic E-state index is -0.566. The number of nitrogens with zero attached hydrogens (tertiary/aromatic N) is 2. The van der Waals surface area contributed by atoms with E-state index in [1.807, 2.05) is 30.3 Å². The number of imide groups is 1. The van der Waals surface area contributed by atoms with E-state index >= 15 is 0 Å². The molecule has 0 saturated carbocycles. The molecule has 6 nitrogen and oxygen atoms in total. The second-order valence-electron chi connectivity index (χ2n) is 5.41. The van der Waals surface area contributed by atoms with Gasteiger partial charge in [0.1, 0.15) is 6.04 Å². The van der Waals surface area contributed by atoms with Gasteiger partial charge in [-0.2, -0.15) is 0 Å². The Morgan fingerprint density at radius 3 is 2.67 bits per heavy atom. The molecule has 0 radical (unpaired) electrons. The summed E-state index contributed by atoms with van der Waals surface area (Å²) in [6.07, 6.45) is 0.626. The van der Waals surface area contributed by atoms with Crippen LogP contribution < -0.4 is 5.32 Å². The lowest BCUT2D eigenvalue weighted by atomic mass is 10.0. The summed E-state index contributed by atoms with van der Waals surface area (Å²) < 4.78 is 0. The molecule has 2 unspecified atom stereocenters. The van der Waals surface area contributed by atoms with Crippen LogP contribution in [0.1, 0.15) is 18.9 Å². The minimum Gasteiger partial charge on any atom is -0.332 e. The summed E-state index contributed by atoms with van der Waals surface area (Å²) in [5, 5.41) is 2.84. The lowest BCUT2D eigenvalue weighted by molar-refractivity contribution is -0.143. The Morgan fingerprint density at radius 2 is 2.00 bits per heavy atom. The summed E-state index contributed by atoms with van der Waals surface area (Å²) in [6.45, 7) is 2.18. The van der Waals surface area contributed by atoms with Gasteiger partial charge < -0.3 is 10.2 Å². The van der Waals surface area contributed by atoms with E-state index in [-0.39, 0.29) is 30.4 Å². The molecule has 1 aromatic carbocycles. The number of hydrogen-bond acceptors (Lipinski definition) is 3. The quantitative estimate of drug-likeness (QED) is 0.871. The second kappa shape index (κ2) is 5.20. The summed E-state index contributed by atoms with van der Waals surface area (Å²) >= 11 is 0. The van der Waals surface area contributed by atoms with Crippen LogP contribution in [0.4, 0.5) is 4.79 Å². The normalized spacial score (nSPS) is 24.8. The van der Waals surface area contributed by atoms with Crippen LogP contribution in [0.3, 0.4) is 0 Å². The Morgan fingerprint density at radius 1 is 1.29 bits per heavy atom. The maximum absolute atomic E-state index is 12.6. The molecule has 2 atom stereocenters. The highest BCUT2D eigenvalue weighted by atomic mass is 16.2. The molecule has 3 rings (SSSR count). The van der Waals surface area contributed by atoms with Crippen molar-refractivity contribution < 1.29 is 14.4 Å². The summed E-state index contributed by atoms with van der Waals surface area (Å²) in [5.41, 5.74) is 0.881. The van der Waals surface area contributed by atoms with Crippen LogP contribution in [0.25, 0.3) is 0 Å². The predicted octanol–water partition coefficient (Wildman–Crippen LogP) is 0.728. The smallest absolute Gasteiger partial charge is 0.324 e. The molecule has 2 heterocycles. The van der Waals surface area contributed by atoms with E-state index in [2.05, 4.69) is 5.32 Å². The standard InChI is InChI=1S/C15H17N3O3/c1-10(19)17-8-7-12-13(17)14(20)18(15(21)16-12)9-11-5-3-2-4-6-11/h2-6,12-13H,7-9H2,1H3,(H,16,21). The number of carbonyl (C=O) groups excluding carboxylic acids is 3. The fourth-order valence-electron chi connectivity index (χ4n) is 3.01. The number of amides is 4. The van der Waals surface area contributed by atoms with Gasteiger partial charge in [0.2, 0.25) is 5.91 Å². The lowest BCUT2D eigenvalue weighted by Gasteiger charge is -2.36. The molecule has 1 N–H and O–H groups in total. The molecule has 2 aliphatic rings. The number of carbonyl (C=O) groups is 3. The van der Waals surface area contributed by atoms with Crippen molar-refractivity contribution in [2.24, 2.45) is 0 Å². The third kappa shape index (κ3) is 2.37. The van der Waals surface area contributed by atoms with Crippen LogP contribution in [0, 0.1) is 0 Å². The lowest BCUT2D eigenvalue weighted by Crippen LogP contribution is -2.64. The second-order valence-corrected chi connectivity index (χ2v) is 5.41. The molecule has 110 valence electrons. The molecule has 2 fully saturated rings. The van der Waals surface area contributed by atoms with Crippen LogP contribution in [-0.2, 0) is 16.1 Å². The number of benzene rings is 1. The summed E-state index contributed by atoms with van der Waals surface area (Å²) in [7, 11) is 0. The van der Waals surface area contributed by atoms with Crippen molar-refractivity contribution in [3.05, 3.63) is 35.9 Å². The first-order valence-electron chi connectivity index (χ1n) is 7.01. The fourth-order valence-corrected chi connectivity index (χ4v) is 3.01. The Kier molecular flexibility index (Phi) is 3.37. The van der Waals surface area contributed by atoms with Crippen molar-refractivity contribution in [1.29, 1.82) is 0 Å². The van der Waals surface area contributed by atoms with Crippen molar-refractivity contribution in [3.8, 4) is 0 Å². The molecule has 0 bridgehead atoms. The zero-order valence-corrected chi connectivity index (χ0v) is 11.8. The molecule has 0 aliphatic carbocycles. The summed E-state index contributed by atoms with van der Waals surface area (Å²) in [6, 6.07) is 8.13. The van der Waals surface area contributed by atoms with E-state index in [1.165, 1.54) is 11.8 Å². The van der Waals surface area contributed by atoms with Gasteiger partial charge in [-0.15, -0.1) is 0 Å². The number of fused-ring (bicyclic) bond motifs is 1. The van der Waals surface area contributed by atoms with Gasteiger partial charge in [0.25, 0.3) is 5.91 Å². The van der Waals surface area contributed by atoms with Gasteiger partial charge in [0, 0.05) is 13.5 Å². The van der Waals surface area contributed by atoms with Crippen LogP contribution in [0.2, 0.25) is 0 Å². The number of likely N-dealkylation sites (tertiary alicyclic amines) is 1. The van der Waals surface area contributed by atoms with Gasteiger partial charge >= 0.3 is 6.03 Å². The highest BCUT2D eigenvalue weighted by Gasteiger charge is 2.48. The maximum Gasteiger partial charge on any atom is 0.324 e. The van der Waals surface area contributed by atoms with Gasteiger partial charge in [-0.3, -0.25) is 14.5 Å². The van der Waals surface area contributed by atoms with Crippen molar-refractivity contribution in [3.63, 3.8) is 0 Å². The van der Waals surface area contributed by atoms with E-state index in [4.69, 9.17) is 0 Å². The Labute approximate surface area is 122 Å².